The van der Waals surface area contributed by atoms with Crippen molar-refractivity contribution in [3.05, 3.63) is 45.8 Å². The summed E-state index contributed by atoms with van der Waals surface area (Å²) in [5.41, 5.74) is 1.12. The minimum Gasteiger partial charge on any atom is -0.462 e. The minimum absolute atomic E-state index is 0.125. The average Bonchev–Trinajstić information content (AvgIpc) is 3.14. The molecule has 184 valence electrons. The van der Waals surface area contributed by atoms with E-state index in [9.17, 15) is 22.8 Å². The number of nitrogens with zero attached hydrogens (tertiary/aromatic N) is 1. The van der Waals surface area contributed by atoms with Crippen molar-refractivity contribution >= 4 is 43.9 Å². The molecule has 8 nitrogen and oxygen atoms in total. The molecule has 0 atom stereocenters. The Labute approximate surface area is 204 Å². The second-order valence-corrected chi connectivity index (χ2v) is 11.4. The van der Waals surface area contributed by atoms with Crippen LogP contribution in [0.3, 0.4) is 0 Å². The SMILES string of the molecule is CCOC(=O)c1c(NCC(=O)c2ccc(S(=O)(=O)N3CCC(C)CC3)cc2)sc(C(C)=O)c1C. The maximum Gasteiger partial charge on any atom is 0.341 e. The van der Waals surface area contributed by atoms with Gasteiger partial charge in [0, 0.05) is 18.7 Å². The summed E-state index contributed by atoms with van der Waals surface area (Å²) in [6.45, 7) is 7.97. The van der Waals surface area contributed by atoms with Crippen LogP contribution in [0, 0.1) is 12.8 Å². The monoisotopic (exact) mass is 506 g/mol. The Morgan fingerprint density at radius 1 is 1.15 bits per heavy atom. The molecule has 1 aromatic carbocycles. The third kappa shape index (κ3) is 5.56. The molecule has 1 fully saturated rings. The molecule has 34 heavy (non-hydrogen) atoms. The zero-order valence-corrected chi connectivity index (χ0v) is 21.5. The van der Waals surface area contributed by atoms with Crippen molar-refractivity contribution < 1.29 is 27.5 Å². The lowest BCUT2D eigenvalue weighted by molar-refractivity contribution is 0.0527. The third-order valence-electron chi connectivity index (χ3n) is 5.91. The van der Waals surface area contributed by atoms with E-state index in [4.69, 9.17) is 4.74 Å². The molecule has 1 saturated heterocycles. The van der Waals surface area contributed by atoms with Gasteiger partial charge in [0.1, 0.15) is 5.00 Å². The number of hydrogen-bond donors (Lipinski definition) is 1. The summed E-state index contributed by atoms with van der Waals surface area (Å²) in [7, 11) is -3.59. The van der Waals surface area contributed by atoms with Crippen LogP contribution in [0.15, 0.2) is 29.2 Å². The predicted octanol–water partition coefficient (Wildman–Crippen LogP) is 4.15. The van der Waals surface area contributed by atoms with Crippen LogP contribution in [0.2, 0.25) is 0 Å². The molecule has 0 radical (unpaired) electrons. The van der Waals surface area contributed by atoms with Gasteiger partial charge in [-0.25, -0.2) is 13.2 Å². The van der Waals surface area contributed by atoms with Crippen LogP contribution in [0.4, 0.5) is 5.00 Å². The standard InChI is InChI=1S/C24H30N2O6S2/c1-5-32-24(29)21-16(3)22(17(4)27)33-23(21)25-14-20(28)18-6-8-19(9-7-18)34(30,31)26-12-10-15(2)11-13-26/h6-9,15,25H,5,10-14H2,1-4H3. The predicted molar refractivity (Wildman–Crippen MR) is 131 cm³/mol. The number of carbonyl (C=O) groups excluding carboxylic acids is 3. The van der Waals surface area contributed by atoms with Crippen LogP contribution >= 0.6 is 11.3 Å². The van der Waals surface area contributed by atoms with Crippen molar-refractivity contribution in [1.82, 2.24) is 4.31 Å². The number of sulfonamides is 1. The van der Waals surface area contributed by atoms with E-state index in [-0.39, 0.29) is 35.2 Å². The normalized spacial score (nSPS) is 15.2. The van der Waals surface area contributed by atoms with Crippen molar-refractivity contribution in [3.63, 3.8) is 0 Å². The molecule has 0 saturated carbocycles. The molecule has 1 aliphatic rings. The number of esters is 1. The van der Waals surface area contributed by atoms with Gasteiger partial charge in [0.25, 0.3) is 0 Å². The fourth-order valence-corrected chi connectivity index (χ4v) is 6.43. The van der Waals surface area contributed by atoms with Crippen molar-refractivity contribution in [2.45, 2.75) is 45.4 Å². The van der Waals surface area contributed by atoms with E-state index in [1.54, 1.807) is 13.8 Å². The number of ether oxygens (including phenoxy) is 1. The van der Waals surface area contributed by atoms with E-state index in [1.165, 1.54) is 35.5 Å². The highest BCUT2D eigenvalue weighted by Gasteiger charge is 2.28. The first kappa shape index (κ1) is 26.1. The number of thiophene rings is 1. The minimum atomic E-state index is -3.59. The number of rotatable bonds is 9. The second-order valence-electron chi connectivity index (χ2n) is 8.42. The molecule has 10 heteroatoms. The molecular weight excluding hydrogens is 476 g/mol. The zero-order valence-electron chi connectivity index (χ0n) is 19.8. The van der Waals surface area contributed by atoms with Crippen LogP contribution in [0.5, 0.6) is 0 Å². The third-order valence-corrected chi connectivity index (χ3v) is 9.18. The van der Waals surface area contributed by atoms with E-state index < -0.39 is 16.0 Å². The van der Waals surface area contributed by atoms with Gasteiger partial charge in [0.2, 0.25) is 10.0 Å². The molecule has 1 N–H and O–H groups in total. The van der Waals surface area contributed by atoms with Gasteiger partial charge in [-0.05, 0) is 69.4 Å². The average molecular weight is 507 g/mol. The summed E-state index contributed by atoms with van der Waals surface area (Å²) < 4.78 is 32.4. The van der Waals surface area contributed by atoms with Crippen molar-refractivity contribution in [2.75, 3.05) is 31.6 Å². The Balaban J connectivity index is 1.73. The smallest absolute Gasteiger partial charge is 0.341 e. The number of piperidine rings is 1. The van der Waals surface area contributed by atoms with Gasteiger partial charge in [0.15, 0.2) is 11.6 Å². The molecule has 0 unspecified atom stereocenters. The molecule has 0 amide bonds. The van der Waals surface area contributed by atoms with Crippen molar-refractivity contribution in [2.24, 2.45) is 5.92 Å². The molecule has 0 spiro atoms. The number of nitrogens with one attached hydrogen (secondary N) is 1. The number of Topliss-reactive ketones (excluding diaryl/α,β-unsaturated/α-hetero) is 2. The van der Waals surface area contributed by atoms with Crippen LogP contribution in [0.25, 0.3) is 0 Å². The summed E-state index contributed by atoms with van der Waals surface area (Å²) >= 11 is 1.11. The maximum atomic E-state index is 12.9. The topological polar surface area (TPSA) is 110 Å². The first-order chi connectivity index (χ1) is 16.1. The van der Waals surface area contributed by atoms with Crippen LogP contribution in [-0.2, 0) is 14.8 Å². The molecule has 2 heterocycles. The van der Waals surface area contributed by atoms with Gasteiger partial charge >= 0.3 is 5.97 Å². The number of ketones is 2. The molecule has 2 aromatic rings. The Morgan fingerprint density at radius 2 is 1.76 bits per heavy atom. The molecular formula is C24H30N2O6S2. The summed E-state index contributed by atoms with van der Waals surface area (Å²) in [6, 6.07) is 5.90. The number of benzene rings is 1. The summed E-state index contributed by atoms with van der Waals surface area (Å²) in [4.78, 5) is 37.7. The lowest BCUT2D eigenvalue weighted by atomic mass is 10.0. The Kier molecular flexibility index (Phi) is 8.27. The van der Waals surface area contributed by atoms with E-state index >= 15 is 0 Å². The summed E-state index contributed by atoms with van der Waals surface area (Å²) in [5.74, 6) is -0.490. The second kappa shape index (κ2) is 10.8. The maximum absolute atomic E-state index is 12.9. The number of hydrogen-bond acceptors (Lipinski definition) is 8. The van der Waals surface area contributed by atoms with Gasteiger partial charge in [-0.15, -0.1) is 11.3 Å². The highest BCUT2D eigenvalue weighted by Crippen LogP contribution is 2.34. The first-order valence-electron chi connectivity index (χ1n) is 11.2. The molecule has 1 aliphatic heterocycles. The van der Waals surface area contributed by atoms with Gasteiger partial charge in [-0.1, -0.05) is 6.92 Å². The van der Waals surface area contributed by atoms with Crippen molar-refractivity contribution in [3.8, 4) is 0 Å². The van der Waals surface area contributed by atoms with Gasteiger partial charge in [0.05, 0.1) is 28.5 Å². The fourth-order valence-electron chi connectivity index (χ4n) is 3.87. The molecule has 0 aliphatic carbocycles. The molecule has 0 bridgehead atoms. The van der Waals surface area contributed by atoms with Crippen LogP contribution < -0.4 is 5.32 Å². The number of anilines is 1. The van der Waals surface area contributed by atoms with E-state index in [2.05, 4.69) is 12.2 Å². The van der Waals surface area contributed by atoms with Crippen LogP contribution in [-0.4, -0.2) is 56.5 Å². The Morgan fingerprint density at radius 3 is 2.32 bits per heavy atom. The lowest BCUT2D eigenvalue weighted by Gasteiger charge is -2.29. The molecule has 1 aromatic heterocycles. The van der Waals surface area contributed by atoms with Gasteiger partial charge in [-0.3, -0.25) is 9.59 Å². The zero-order chi connectivity index (χ0) is 25.0. The van der Waals surface area contributed by atoms with Crippen LogP contribution in [0.1, 0.15) is 69.6 Å². The first-order valence-corrected chi connectivity index (χ1v) is 13.5. The number of carbonyl (C=O) groups is 3. The van der Waals surface area contributed by atoms with E-state index in [0.29, 0.717) is 40.0 Å². The van der Waals surface area contributed by atoms with E-state index in [1.807, 2.05) is 0 Å². The van der Waals surface area contributed by atoms with E-state index in [0.717, 1.165) is 24.2 Å². The largest absolute Gasteiger partial charge is 0.462 e. The quantitative estimate of drug-likeness (QED) is 0.402. The van der Waals surface area contributed by atoms with Crippen molar-refractivity contribution in [1.29, 1.82) is 0 Å². The van der Waals surface area contributed by atoms with Gasteiger partial charge in [-0.2, -0.15) is 4.31 Å². The Hall–Kier alpha value is -2.56. The Bertz CT molecular complexity index is 1180. The summed E-state index contributed by atoms with van der Waals surface area (Å²) in [5, 5.41) is 3.35. The van der Waals surface area contributed by atoms with Gasteiger partial charge < -0.3 is 10.1 Å². The fraction of sp³-hybridized carbons (Fsp3) is 0.458. The highest BCUT2D eigenvalue weighted by molar-refractivity contribution is 7.89. The highest BCUT2D eigenvalue weighted by atomic mass is 32.2. The summed E-state index contributed by atoms with van der Waals surface area (Å²) in [6.07, 6.45) is 1.67. The lowest BCUT2D eigenvalue weighted by Crippen LogP contribution is -2.37. The molecule has 3 rings (SSSR count).